The van der Waals surface area contributed by atoms with Gasteiger partial charge < -0.3 is 10.6 Å². The highest BCUT2D eigenvalue weighted by Crippen LogP contribution is 2.17. The minimum absolute atomic E-state index is 0.157. The van der Waals surface area contributed by atoms with Gasteiger partial charge in [-0.1, -0.05) is 18.2 Å². The lowest BCUT2D eigenvalue weighted by molar-refractivity contribution is 0.0951. The van der Waals surface area contributed by atoms with Crippen LogP contribution in [0.25, 0.3) is 10.9 Å². The number of aromatic nitrogens is 3. The van der Waals surface area contributed by atoms with Crippen LogP contribution < -0.4 is 10.6 Å². The van der Waals surface area contributed by atoms with Crippen LogP contribution in [0.1, 0.15) is 16.1 Å². The summed E-state index contributed by atoms with van der Waals surface area (Å²) in [6.07, 6.45) is 3.55. The summed E-state index contributed by atoms with van der Waals surface area (Å²) >= 11 is 0. The fraction of sp³-hybridized carbons (Fsp3) is 0.235. The van der Waals surface area contributed by atoms with Crippen LogP contribution in [0.3, 0.4) is 0 Å². The molecule has 0 aliphatic rings. The van der Waals surface area contributed by atoms with Gasteiger partial charge in [-0.15, -0.1) is 0 Å². The van der Waals surface area contributed by atoms with Gasteiger partial charge in [-0.25, -0.2) is 0 Å². The normalized spacial score (nSPS) is 10.7. The molecule has 1 amide bonds. The number of carbonyl (C=O) groups excluding carboxylic acids is 1. The van der Waals surface area contributed by atoms with E-state index in [0.717, 1.165) is 22.2 Å². The number of para-hydroxylation sites is 1. The lowest BCUT2D eigenvalue weighted by Gasteiger charge is -2.09. The molecule has 0 bridgehead atoms. The SMILES string of the molecule is Cc1cnccc1NCCNC(=O)c1nn(C)c2ccccc12. The number of hydrogen-bond acceptors (Lipinski definition) is 4. The van der Waals surface area contributed by atoms with Gasteiger partial charge in [0.1, 0.15) is 0 Å². The monoisotopic (exact) mass is 309 g/mol. The molecule has 2 N–H and O–H groups in total. The van der Waals surface area contributed by atoms with Crippen molar-refractivity contribution in [2.45, 2.75) is 6.92 Å². The lowest BCUT2D eigenvalue weighted by Crippen LogP contribution is -2.29. The zero-order chi connectivity index (χ0) is 16.2. The maximum atomic E-state index is 12.3. The highest BCUT2D eigenvalue weighted by atomic mass is 16.1. The Morgan fingerprint density at radius 3 is 2.87 bits per heavy atom. The van der Waals surface area contributed by atoms with Crippen molar-refractivity contribution < 1.29 is 4.79 Å². The van der Waals surface area contributed by atoms with Gasteiger partial charge in [0, 0.05) is 43.6 Å². The van der Waals surface area contributed by atoms with Crippen molar-refractivity contribution in [2.24, 2.45) is 7.05 Å². The summed E-state index contributed by atoms with van der Waals surface area (Å²) < 4.78 is 1.73. The van der Waals surface area contributed by atoms with E-state index in [1.807, 2.05) is 44.3 Å². The smallest absolute Gasteiger partial charge is 0.272 e. The second-order valence-corrected chi connectivity index (χ2v) is 5.36. The summed E-state index contributed by atoms with van der Waals surface area (Å²) in [7, 11) is 1.84. The molecule has 0 aliphatic heterocycles. The molecule has 3 aromatic rings. The van der Waals surface area contributed by atoms with Gasteiger partial charge >= 0.3 is 0 Å². The van der Waals surface area contributed by atoms with E-state index in [1.54, 1.807) is 17.1 Å². The van der Waals surface area contributed by atoms with Gasteiger partial charge in [0.2, 0.25) is 0 Å². The Bertz CT molecular complexity index is 840. The maximum absolute atomic E-state index is 12.3. The number of fused-ring (bicyclic) bond motifs is 1. The first-order valence-corrected chi connectivity index (χ1v) is 7.51. The Labute approximate surface area is 134 Å². The van der Waals surface area contributed by atoms with Gasteiger partial charge in [-0.2, -0.15) is 5.10 Å². The molecule has 0 fully saturated rings. The van der Waals surface area contributed by atoms with Crippen LogP contribution in [0.2, 0.25) is 0 Å². The first-order valence-electron chi connectivity index (χ1n) is 7.51. The minimum atomic E-state index is -0.157. The number of nitrogens with zero attached hydrogens (tertiary/aromatic N) is 3. The van der Waals surface area contributed by atoms with E-state index < -0.39 is 0 Å². The second kappa shape index (κ2) is 6.48. The van der Waals surface area contributed by atoms with E-state index in [2.05, 4.69) is 20.7 Å². The predicted octanol–water partition coefficient (Wildman–Crippen LogP) is 2.12. The van der Waals surface area contributed by atoms with Crippen molar-refractivity contribution in [3.05, 3.63) is 54.0 Å². The molecule has 0 aliphatic carbocycles. The molecule has 0 radical (unpaired) electrons. The maximum Gasteiger partial charge on any atom is 0.272 e. The molecule has 2 heterocycles. The van der Waals surface area contributed by atoms with Gasteiger partial charge in [0.25, 0.3) is 5.91 Å². The molecule has 3 rings (SSSR count). The molecule has 6 nitrogen and oxygen atoms in total. The molecule has 23 heavy (non-hydrogen) atoms. The molecule has 0 spiro atoms. The van der Waals surface area contributed by atoms with E-state index in [9.17, 15) is 4.79 Å². The summed E-state index contributed by atoms with van der Waals surface area (Å²) in [5.41, 5.74) is 3.51. The number of rotatable bonds is 5. The number of anilines is 1. The predicted molar refractivity (Wildman–Crippen MR) is 90.5 cm³/mol. The molecule has 118 valence electrons. The van der Waals surface area contributed by atoms with Crippen molar-refractivity contribution in [3.8, 4) is 0 Å². The van der Waals surface area contributed by atoms with Crippen LogP contribution in [0.15, 0.2) is 42.7 Å². The van der Waals surface area contributed by atoms with Crippen molar-refractivity contribution in [1.29, 1.82) is 0 Å². The Kier molecular flexibility index (Phi) is 4.23. The Hall–Kier alpha value is -2.89. The van der Waals surface area contributed by atoms with Crippen LogP contribution in [0, 0.1) is 6.92 Å². The van der Waals surface area contributed by atoms with Gasteiger partial charge in [-0.3, -0.25) is 14.5 Å². The number of benzene rings is 1. The van der Waals surface area contributed by atoms with Crippen LogP contribution >= 0.6 is 0 Å². The Morgan fingerprint density at radius 1 is 1.22 bits per heavy atom. The quantitative estimate of drug-likeness (QED) is 0.708. The largest absolute Gasteiger partial charge is 0.383 e. The van der Waals surface area contributed by atoms with Crippen molar-refractivity contribution >= 4 is 22.5 Å². The zero-order valence-electron chi connectivity index (χ0n) is 13.2. The highest BCUT2D eigenvalue weighted by Gasteiger charge is 2.14. The van der Waals surface area contributed by atoms with E-state index in [4.69, 9.17) is 0 Å². The number of amides is 1. The van der Waals surface area contributed by atoms with E-state index in [1.165, 1.54) is 0 Å². The van der Waals surface area contributed by atoms with Crippen LogP contribution in [0.5, 0.6) is 0 Å². The van der Waals surface area contributed by atoms with Gasteiger partial charge in [0.15, 0.2) is 5.69 Å². The van der Waals surface area contributed by atoms with Crippen LogP contribution in [0.4, 0.5) is 5.69 Å². The molecule has 2 aromatic heterocycles. The van der Waals surface area contributed by atoms with Crippen molar-refractivity contribution in [2.75, 3.05) is 18.4 Å². The van der Waals surface area contributed by atoms with E-state index in [-0.39, 0.29) is 5.91 Å². The fourth-order valence-electron chi connectivity index (χ4n) is 2.51. The summed E-state index contributed by atoms with van der Waals surface area (Å²) in [6.45, 7) is 3.15. The number of aryl methyl sites for hydroxylation is 2. The zero-order valence-corrected chi connectivity index (χ0v) is 13.2. The van der Waals surface area contributed by atoms with Crippen molar-refractivity contribution in [3.63, 3.8) is 0 Å². The van der Waals surface area contributed by atoms with Crippen LogP contribution in [-0.2, 0) is 7.05 Å². The fourth-order valence-corrected chi connectivity index (χ4v) is 2.51. The second-order valence-electron chi connectivity index (χ2n) is 5.36. The topological polar surface area (TPSA) is 71.8 Å². The van der Waals surface area contributed by atoms with Crippen LogP contribution in [-0.4, -0.2) is 33.8 Å². The minimum Gasteiger partial charge on any atom is -0.383 e. The molecule has 0 atom stereocenters. The van der Waals surface area contributed by atoms with E-state index in [0.29, 0.717) is 18.8 Å². The summed E-state index contributed by atoms with van der Waals surface area (Å²) in [6, 6.07) is 9.63. The molecule has 1 aromatic carbocycles. The third kappa shape index (κ3) is 3.15. The lowest BCUT2D eigenvalue weighted by atomic mass is 10.2. The summed E-state index contributed by atoms with van der Waals surface area (Å²) in [5.74, 6) is -0.157. The number of carbonyl (C=O) groups is 1. The first kappa shape index (κ1) is 15.0. The molecule has 6 heteroatoms. The Morgan fingerprint density at radius 2 is 2.04 bits per heavy atom. The highest BCUT2D eigenvalue weighted by molar-refractivity contribution is 6.04. The van der Waals surface area contributed by atoms with E-state index >= 15 is 0 Å². The summed E-state index contributed by atoms with van der Waals surface area (Å²) in [4.78, 5) is 16.4. The number of nitrogens with one attached hydrogen (secondary N) is 2. The molecular formula is C17H19N5O. The average Bonchev–Trinajstić information content (AvgIpc) is 2.90. The van der Waals surface area contributed by atoms with Gasteiger partial charge in [-0.05, 0) is 24.6 Å². The number of hydrogen-bond donors (Lipinski definition) is 2. The average molecular weight is 309 g/mol. The molecule has 0 saturated heterocycles. The number of pyridine rings is 1. The standard InChI is InChI=1S/C17H19N5O/c1-12-11-18-8-7-14(12)19-9-10-20-17(23)16-13-5-3-4-6-15(13)22(2)21-16/h3-8,11H,9-10H2,1-2H3,(H,18,19)(H,20,23). The Balaban J connectivity index is 1.60. The first-order chi connectivity index (χ1) is 11.2. The van der Waals surface area contributed by atoms with Gasteiger partial charge in [0.05, 0.1) is 5.52 Å². The molecule has 0 saturated carbocycles. The molecular weight excluding hydrogens is 290 g/mol. The third-order valence-corrected chi connectivity index (χ3v) is 3.72. The van der Waals surface area contributed by atoms with Crippen molar-refractivity contribution in [1.82, 2.24) is 20.1 Å². The summed E-state index contributed by atoms with van der Waals surface area (Å²) in [5, 5.41) is 11.4. The molecule has 0 unspecified atom stereocenters. The third-order valence-electron chi connectivity index (χ3n) is 3.72.